The standard InChI is InChI=1S/C21H20Cl2O6/c1-4-28-19-10-13(9-16(20(24)26-2)21(25)27-3)5-8-18(19)29-12-14-6-7-15(22)11-17(14)23/h5-11H,4,12H2,1-3H3. The van der Waals surface area contributed by atoms with Crippen molar-refractivity contribution in [2.24, 2.45) is 0 Å². The molecule has 8 heteroatoms. The van der Waals surface area contributed by atoms with E-state index in [9.17, 15) is 9.59 Å². The van der Waals surface area contributed by atoms with E-state index in [0.717, 1.165) is 5.56 Å². The van der Waals surface area contributed by atoms with Gasteiger partial charge in [0.2, 0.25) is 0 Å². The molecule has 154 valence electrons. The summed E-state index contributed by atoms with van der Waals surface area (Å²) in [6, 6.07) is 10.1. The van der Waals surface area contributed by atoms with Crippen molar-refractivity contribution >= 4 is 41.2 Å². The van der Waals surface area contributed by atoms with Crippen LogP contribution in [0.4, 0.5) is 0 Å². The van der Waals surface area contributed by atoms with Crippen LogP contribution in [-0.4, -0.2) is 32.8 Å². The fourth-order valence-electron chi connectivity index (χ4n) is 2.38. The third-order valence-electron chi connectivity index (χ3n) is 3.79. The number of hydrogen-bond acceptors (Lipinski definition) is 6. The molecule has 2 aromatic carbocycles. The van der Waals surface area contributed by atoms with E-state index in [1.807, 2.05) is 6.92 Å². The van der Waals surface area contributed by atoms with Gasteiger partial charge in [-0.15, -0.1) is 0 Å². The second kappa shape index (κ2) is 10.7. The van der Waals surface area contributed by atoms with Crippen LogP contribution in [0.25, 0.3) is 6.08 Å². The number of carbonyl (C=O) groups is 2. The van der Waals surface area contributed by atoms with Gasteiger partial charge in [0.1, 0.15) is 12.2 Å². The van der Waals surface area contributed by atoms with E-state index in [-0.39, 0.29) is 12.2 Å². The summed E-state index contributed by atoms with van der Waals surface area (Å²) in [4.78, 5) is 23.7. The van der Waals surface area contributed by atoms with Crippen molar-refractivity contribution in [1.29, 1.82) is 0 Å². The maximum atomic E-state index is 11.8. The summed E-state index contributed by atoms with van der Waals surface area (Å²) in [6.45, 7) is 2.43. The number of carbonyl (C=O) groups excluding carboxylic acids is 2. The molecule has 0 aromatic heterocycles. The number of esters is 2. The van der Waals surface area contributed by atoms with Crippen molar-refractivity contribution in [1.82, 2.24) is 0 Å². The molecule has 2 rings (SSSR count). The molecule has 29 heavy (non-hydrogen) atoms. The van der Waals surface area contributed by atoms with Gasteiger partial charge in [0, 0.05) is 15.6 Å². The summed E-state index contributed by atoms with van der Waals surface area (Å²) in [7, 11) is 2.37. The normalized spacial score (nSPS) is 10.1. The Bertz CT molecular complexity index is 905. The van der Waals surface area contributed by atoms with Gasteiger partial charge in [-0.25, -0.2) is 9.59 Å². The molecule has 0 bridgehead atoms. The van der Waals surface area contributed by atoms with Gasteiger partial charge >= 0.3 is 11.9 Å². The first kappa shape index (κ1) is 22.6. The highest BCUT2D eigenvalue weighted by atomic mass is 35.5. The van der Waals surface area contributed by atoms with E-state index in [0.29, 0.717) is 33.7 Å². The Morgan fingerprint density at radius 2 is 1.62 bits per heavy atom. The van der Waals surface area contributed by atoms with Crippen molar-refractivity contribution in [3.63, 3.8) is 0 Å². The average Bonchev–Trinajstić information content (AvgIpc) is 2.71. The molecule has 0 atom stereocenters. The minimum atomic E-state index is -0.799. The van der Waals surface area contributed by atoms with Gasteiger partial charge in [-0.2, -0.15) is 0 Å². The van der Waals surface area contributed by atoms with Crippen LogP contribution >= 0.6 is 23.2 Å². The largest absolute Gasteiger partial charge is 0.490 e. The van der Waals surface area contributed by atoms with Crippen LogP contribution in [0.2, 0.25) is 10.0 Å². The molecular formula is C21H20Cl2O6. The maximum Gasteiger partial charge on any atom is 0.345 e. The van der Waals surface area contributed by atoms with E-state index in [1.165, 1.54) is 20.3 Å². The Labute approximate surface area is 178 Å². The van der Waals surface area contributed by atoms with E-state index in [1.54, 1.807) is 36.4 Å². The molecule has 2 aromatic rings. The monoisotopic (exact) mass is 438 g/mol. The molecule has 0 saturated heterocycles. The van der Waals surface area contributed by atoms with E-state index >= 15 is 0 Å². The molecule has 0 aliphatic carbocycles. The predicted molar refractivity (Wildman–Crippen MR) is 110 cm³/mol. The number of benzene rings is 2. The molecule has 0 aliphatic rings. The third-order valence-corrected chi connectivity index (χ3v) is 4.37. The Morgan fingerprint density at radius 1 is 0.931 bits per heavy atom. The summed E-state index contributed by atoms with van der Waals surface area (Å²) in [5.41, 5.74) is 1.07. The summed E-state index contributed by atoms with van der Waals surface area (Å²) < 4.78 is 20.7. The first-order chi connectivity index (χ1) is 13.9. The van der Waals surface area contributed by atoms with Crippen LogP contribution < -0.4 is 9.47 Å². The molecule has 0 spiro atoms. The highest BCUT2D eigenvalue weighted by Crippen LogP contribution is 2.31. The molecule has 0 amide bonds. The topological polar surface area (TPSA) is 71.1 Å². The molecule has 0 aliphatic heterocycles. The highest BCUT2D eigenvalue weighted by Gasteiger charge is 2.20. The van der Waals surface area contributed by atoms with Gasteiger partial charge in [-0.1, -0.05) is 35.3 Å². The quantitative estimate of drug-likeness (QED) is 0.257. The van der Waals surface area contributed by atoms with Gasteiger partial charge in [0.05, 0.1) is 20.8 Å². The molecule has 0 unspecified atom stereocenters. The molecule has 0 fully saturated rings. The van der Waals surface area contributed by atoms with Gasteiger partial charge in [0.15, 0.2) is 11.5 Å². The summed E-state index contributed by atoms with van der Waals surface area (Å²) in [6.07, 6.45) is 1.36. The first-order valence-electron chi connectivity index (χ1n) is 8.61. The minimum absolute atomic E-state index is 0.209. The number of hydrogen-bond donors (Lipinski definition) is 0. The minimum Gasteiger partial charge on any atom is -0.490 e. The fraction of sp³-hybridized carbons (Fsp3) is 0.238. The zero-order valence-electron chi connectivity index (χ0n) is 16.2. The Hall–Kier alpha value is -2.70. The van der Waals surface area contributed by atoms with E-state index in [4.69, 9.17) is 32.7 Å². The zero-order chi connectivity index (χ0) is 21.4. The first-order valence-corrected chi connectivity index (χ1v) is 9.37. The smallest absolute Gasteiger partial charge is 0.345 e. The zero-order valence-corrected chi connectivity index (χ0v) is 17.7. The lowest BCUT2D eigenvalue weighted by molar-refractivity contribution is -0.143. The van der Waals surface area contributed by atoms with E-state index < -0.39 is 11.9 Å². The molecule has 0 saturated carbocycles. The number of halogens is 2. The SMILES string of the molecule is CCOc1cc(C=C(C(=O)OC)C(=O)OC)ccc1OCc1ccc(Cl)cc1Cl. The van der Waals surface area contributed by atoms with Crippen molar-refractivity contribution in [2.45, 2.75) is 13.5 Å². The molecule has 0 radical (unpaired) electrons. The van der Waals surface area contributed by atoms with Gasteiger partial charge in [0.25, 0.3) is 0 Å². The lowest BCUT2D eigenvalue weighted by Crippen LogP contribution is -2.15. The number of rotatable bonds is 8. The van der Waals surface area contributed by atoms with Crippen LogP contribution in [0.1, 0.15) is 18.1 Å². The second-order valence-electron chi connectivity index (χ2n) is 5.70. The molecule has 6 nitrogen and oxygen atoms in total. The lowest BCUT2D eigenvalue weighted by atomic mass is 10.1. The number of methoxy groups -OCH3 is 2. The maximum absolute atomic E-state index is 11.8. The van der Waals surface area contributed by atoms with Crippen LogP contribution in [0.3, 0.4) is 0 Å². The van der Waals surface area contributed by atoms with Crippen LogP contribution in [0.5, 0.6) is 11.5 Å². The van der Waals surface area contributed by atoms with Gasteiger partial charge < -0.3 is 18.9 Å². The summed E-state index contributed by atoms with van der Waals surface area (Å²) >= 11 is 12.1. The van der Waals surface area contributed by atoms with Crippen LogP contribution in [0, 0.1) is 0 Å². The third kappa shape index (κ3) is 6.14. The molecule has 0 N–H and O–H groups in total. The Morgan fingerprint density at radius 3 is 2.21 bits per heavy atom. The van der Waals surface area contributed by atoms with Gasteiger partial charge in [-0.3, -0.25) is 0 Å². The Balaban J connectivity index is 2.30. The summed E-state index contributed by atoms with van der Waals surface area (Å²) in [5, 5.41) is 1.03. The number of ether oxygens (including phenoxy) is 4. The van der Waals surface area contributed by atoms with Crippen molar-refractivity contribution in [2.75, 3.05) is 20.8 Å². The lowest BCUT2D eigenvalue weighted by Gasteiger charge is -2.14. The highest BCUT2D eigenvalue weighted by molar-refractivity contribution is 6.35. The molecule has 0 heterocycles. The van der Waals surface area contributed by atoms with Crippen molar-refractivity contribution in [3.8, 4) is 11.5 Å². The van der Waals surface area contributed by atoms with Crippen LogP contribution in [-0.2, 0) is 25.7 Å². The van der Waals surface area contributed by atoms with Gasteiger partial charge in [-0.05, 0) is 42.8 Å². The molecular weight excluding hydrogens is 419 g/mol. The second-order valence-corrected chi connectivity index (χ2v) is 6.55. The van der Waals surface area contributed by atoms with Crippen molar-refractivity contribution in [3.05, 3.63) is 63.1 Å². The fourth-order valence-corrected chi connectivity index (χ4v) is 2.85. The average molecular weight is 439 g/mol. The Kier molecular flexibility index (Phi) is 8.36. The summed E-state index contributed by atoms with van der Waals surface area (Å²) in [5.74, 6) is -0.673. The van der Waals surface area contributed by atoms with Crippen LogP contribution in [0.15, 0.2) is 42.0 Å². The van der Waals surface area contributed by atoms with E-state index in [2.05, 4.69) is 9.47 Å². The predicted octanol–water partition coefficient (Wildman–Crippen LogP) is 4.70. The van der Waals surface area contributed by atoms with Crippen molar-refractivity contribution < 1.29 is 28.5 Å².